The van der Waals surface area contributed by atoms with Crippen molar-refractivity contribution in [2.45, 2.75) is 11.3 Å². The van der Waals surface area contributed by atoms with Crippen LogP contribution in [0.1, 0.15) is 6.42 Å². The van der Waals surface area contributed by atoms with Crippen molar-refractivity contribution in [3.63, 3.8) is 0 Å². The number of hydrogen-bond donors (Lipinski definition) is 1. The molecule has 0 atom stereocenters. The van der Waals surface area contributed by atoms with Crippen LogP contribution in [0.2, 0.25) is 0 Å². The van der Waals surface area contributed by atoms with Gasteiger partial charge in [0.15, 0.2) is 0 Å². The van der Waals surface area contributed by atoms with Gasteiger partial charge in [-0.25, -0.2) is 13.1 Å². The molecule has 0 aliphatic heterocycles. The second kappa shape index (κ2) is 5.13. The molecule has 1 heterocycles. The largest absolute Gasteiger partial charge is 0.469 e. The molecule has 0 aliphatic rings. The summed E-state index contributed by atoms with van der Waals surface area (Å²) in [7, 11) is -0.534. The van der Waals surface area contributed by atoms with E-state index in [2.05, 4.69) is 9.46 Å². The summed E-state index contributed by atoms with van der Waals surface area (Å²) in [6, 6.07) is 1.49. The SMILES string of the molecule is COC(=O)CCNS(=O)(=O)c1ccn(C)c1. The molecular weight excluding hydrogens is 232 g/mol. The third-order valence-corrected chi connectivity index (χ3v) is 3.41. The number of esters is 1. The first-order chi connectivity index (χ1) is 7.45. The topological polar surface area (TPSA) is 77.4 Å². The number of carbonyl (C=O) groups excluding carboxylic acids is 1. The number of nitrogens with one attached hydrogen (secondary N) is 1. The maximum absolute atomic E-state index is 11.6. The van der Waals surface area contributed by atoms with E-state index in [4.69, 9.17) is 0 Å². The van der Waals surface area contributed by atoms with Gasteiger partial charge in [0.2, 0.25) is 10.0 Å². The zero-order chi connectivity index (χ0) is 12.2. The molecule has 0 amide bonds. The predicted octanol–water partition coefficient (Wildman–Crippen LogP) is -0.134. The van der Waals surface area contributed by atoms with Crippen molar-refractivity contribution in [3.8, 4) is 0 Å². The van der Waals surface area contributed by atoms with E-state index in [9.17, 15) is 13.2 Å². The lowest BCUT2D eigenvalue weighted by Crippen LogP contribution is -2.26. The van der Waals surface area contributed by atoms with Crippen LogP contribution >= 0.6 is 0 Å². The molecule has 7 heteroatoms. The molecule has 0 radical (unpaired) electrons. The van der Waals surface area contributed by atoms with Gasteiger partial charge in [0, 0.05) is 26.0 Å². The molecule has 0 aromatic carbocycles. The van der Waals surface area contributed by atoms with E-state index >= 15 is 0 Å². The summed E-state index contributed by atoms with van der Waals surface area (Å²) < 4.78 is 31.6. The van der Waals surface area contributed by atoms with Crippen LogP contribution in [0.25, 0.3) is 0 Å². The van der Waals surface area contributed by atoms with Crippen molar-refractivity contribution in [1.29, 1.82) is 0 Å². The lowest BCUT2D eigenvalue weighted by Gasteiger charge is -2.03. The average Bonchev–Trinajstić information content (AvgIpc) is 2.65. The third kappa shape index (κ3) is 3.35. The average molecular weight is 246 g/mol. The van der Waals surface area contributed by atoms with Gasteiger partial charge in [-0.15, -0.1) is 0 Å². The fourth-order valence-electron chi connectivity index (χ4n) is 1.11. The number of carbonyl (C=O) groups is 1. The highest BCUT2D eigenvalue weighted by Gasteiger charge is 2.14. The second-order valence-corrected chi connectivity index (χ2v) is 5.00. The molecule has 90 valence electrons. The molecule has 0 bridgehead atoms. The normalized spacial score (nSPS) is 11.4. The van der Waals surface area contributed by atoms with Crippen molar-refractivity contribution in [2.75, 3.05) is 13.7 Å². The molecule has 1 aromatic rings. The zero-order valence-corrected chi connectivity index (χ0v) is 9.95. The van der Waals surface area contributed by atoms with Crippen LogP contribution in [0.3, 0.4) is 0 Å². The highest BCUT2D eigenvalue weighted by molar-refractivity contribution is 7.89. The Labute approximate surface area is 94.3 Å². The number of methoxy groups -OCH3 is 1. The molecule has 0 saturated heterocycles. The van der Waals surface area contributed by atoms with Crippen LogP contribution in [0.4, 0.5) is 0 Å². The first kappa shape index (κ1) is 12.7. The van der Waals surface area contributed by atoms with E-state index in [0.29, 0.717) is 0 Å². The molecular formula is C9H14N2O4S. The molecule has 0 spiro atoms. The van der Waals surface area contributed by atoms with Crippen LogP contribution in [0.5, 0.6) is 0 Å². The van der Waals surface area contributed by atoms with Crippen molar-refractivity contribution < 1.29 is 17.9 Å². The lowest BCUT2D eigenvalue weighted by atomic mass is 10.4. The standard InChI is InChI=1S/C9H14N2O4S/c1-11-6-4-8(7-11)16(13,14)10-5-3-9(12)15-2/h4,6-7,10H,3,5H2,1-2H3. The van der Waals surface area contributed by atoms with Gasteiger partial charge >= 0.3 is 5.97 Å². The van der Waals surface area contributed by atoms with Gasteiger partial charge in [-0.1, -0.05) is 0 Å². The van der Waals surface area contributed by atoms with Crippen molar-refractivity contribution in [1.82, 2.24) is 9.29 Å². The van der Waals surface area contributed by atoms with E-state index in [-0.39, 0.29) is 17.9 Å². The Morgan fingerprint density at radius 2 is 2.25 bits per heavy atom. The molecule has 16 heavy (non-hydrogen) atoms. The summed E-state index contributed by atoms with van der Waals surface area (Å²) in [5.74, 6) is -0.448. The summed E-state index contributed by atoms with van der Waals surface area (Å²) in [5, 5.41) is 0. The van der Waals surface area contributed by atoms with Crippen molar-refractivity contribution in [3.05, 3.63) is 18.5 Å². The van der Waals surface area contributed by atoms with E-state index in [1.165, 1.54) is 19.4 Å². The number of sulfonamides is 1. The minimum Gasteiger partial charge on any atom is -0.469 e. The number of nitrogens with zero attached hydrogens (tertiary/aromatic N) is 1. The second-order valence-electron chi connectivity index (χ2n) is 3.24. The number of rotatable bonds is 5. The Bertz CT molecular complexity index is 464. The molecule has 1 rings (SSSR count). The summed E-state index contributed by atoms with van der Waals surface area (Å²) in [4.78, 5) is 11.0. The highest BCUT2D eigenvalue weighted by atomic mass is 32.2. The molecule has 1 N–H and O–H groups in total. The minimum atomic E-state index is -3.52. The summed E-state index contributed by atoms with van der Waals surface area (Å²) in [6.45, 7) is 0.0316. The van der Waals surface area contributed by atoms with Crippen LogP contribution < -0.4 is 4.72 Å². The quantitative estimate of drug-likeness (QED) is 0.734. The number of aromatic nitrogens is 1. The first-order valence-electron chi connectivity index (χ1n) is 4.64. The van der Waals surface area contributed by atoms with E-state index in [0.717, 1.165) is 0 Å². The molecule has 0 fully saturated rings. The fourth-order valence-corrected chi connectivity index (χ4v) is 2.19. The summed E-state index contributed by atoms with van der Waals surface area (Å²) >= 11 is 0. The van der Waals surface area contributed by atoms with Crippen molar-refractivity contribution >= 4 is 16.0 Å². The molecule has 0 saturated carbocycles. The Kier molecular flexibility index (Phi) is 4.08. The van der Waals surface area contributed by atoms with Crippen LogP contribution in [-0.2, 0) is 26.6 Å². The monoisotopic (exact) mass is 246 g/mol. The molecule has 6 nitrogen and oxygen atoms in total. The van der Waals surface area contributed by atoms with Crippen LogP contribution in [-0.4, -0.2) is 32.6 Å². The molecule has 0 unspecified atom stereocenters. The van der Waals surface area contributed by atoms with Gasteiger partial charge in [-0.2, -0.15) is 0 Å². The first-order valence-corrected chi connectivity index (χ1v) is 6.12. The van der Waals surface area contributed by atoms with Crippen LogP contribution in [0, 0.1) is 0 Å². The lowest BCUT2D eigenvalue weighted by molar-refractivity contribution is -0.140. The van der Waals surface area contributed by atoms with Crippen LogP contribution in [0.15, 0.2) is 23.4 Å². The third-order valence-electron chi connectivity index (χ3n) is 1.96. The van der Waals surface area contributed by atoms with Gasteiger partial charge in [-0.05, 0) is 6.07 Å². The maximum Gasteiger partial charge on any atom is 0.306 e. The smallest absolute Gasteiger partial charge is 0.306 e. The van der Waals surface area contributed by atoms with Gasteiger partial charge in [-0.3, -0.25) is 4.79 Å². The fraction of sp³-hybridized carbons (Fsp3) is 0.444. The number of hydrogen-bond acceptors (Lipinski definition) is 4. The number of ether oxygens (including phenoxy) is 1. The highest BCUT2D eigenvalue weighted by Crippen LogP contribution is 2.07. The predicted molar refractivity (Wildman–Crippen MR) is 57.2 cm³/mol. The molecule has 1 aromatic heterocycles. The van der Waals surface area contributed by atoms with Gasteiger partial charge < -0.3 is 9.30 Å². The summed E-state index contributed by atoms with van der Waals surface area (Å²) in [5.41, 5.74) is 0. The van der Waals surface area contributed by atoms with E-state index in [1.807, 2.05) is 0 Å². The van der Waals surface area contributed by atoms with E-state index < -0.39 is 16.0 Å². The van der Waals surface area contributed by atoms with E-state index in [1.54, 1.807) is 17.8 Å². The van der Waals surface area contributed by atoms with Gasteiger partial charge in [0.25, 0.3) is 0 Å². The number of aryl methyl sites for hydroxylation is 1. The van der Waals surface area contributed by atoms with Gasteiger partial charge in [0.05, 0.1) is 18.4 Å². The van der Waals surface area contributed by atoms with Crippen molar-refractivity contribution in [2.24, 2.45) is 7.05 Å². The Morgan fingerprint density at radius 3 is 2.75 bits per heavy atom. The Balaban J connectivity index is 2.56. The molecule has 0 aliphatic carbocycles. The van der Waals surface area contributed by atoms with Gasteiger partial charge in [0.1, 0.15) is 0 Å². The summed E-state index contributed by atoms with van der Waals surface area (Å²) in [6.07, 6.45) is 3.14. The Morgan fingerprint density at radius 1 is 1.56 bits per heavy atom. The maximum atomic E-state index is 11.6. The minimum absolute atomic E-state index is 0.0164. The Hall–Kier alpha value is -1.34. The zero-order valence-electron chi connectivity index (χ0n) is 9.13.